The van der Waals surface area contributed by atoms with Crippen LogP contribution in [0, 0.1) is 10.1 Å². The molecule has 0 aliphatic carbocycles. The summed E-state index contributed by atoms with van der Waals surface area (Å²) in [6, 6.07) is 10.5. The number of nitrogens with zero attached hydrogens (tertiary/aromatic N) is 1. The first-order valence-electron chi connectivity index (χ1n) is 6.03. The molecule has 2 aromatic carbocycles. The van der Waals surface area contributed by atoms with Crippen molar-refractivity contribution in [1.29, 1.82) is 0 Å². The maximum atomic E-state index is 10.9. The number of hydrogen-bond acceptors (Lipinski definition) is 4. The highest BCUT2D eigenvalue weighted by molar-refractivity contribution is 7.99. The maximum absolute atomic E-state index is 10.9. The summed E-state index contributed by atoms with van der Waals surface area (Å²) in [5.74, 6) is 0.356. The van der Waals surface area contributed by atoms with Gasteiger partial charge in [0.1, 0.15) is 5.69 Å². The molecule has 0 atom stereocenters. The fourth-order valence-corrected chi connectivity index (χ4v) is 3.28. The molecule has 0 heterocycles. The summed E-state index contributed by atoms with van der Waals surface area (Å²) in [4.78, 5) is 12.4. The molecule has 0 fully saturated rings. The van der Waals surface area contributed by atoms with Gasteiger partial charge in [0.25, 0.3) is 5.69 Å². The van der Waals surface area contributed by atoms with Crippen molar-refractivity contribution in [1.82, 2.24) is 0 Å². The van der Waals surface area contributed by atoms with E-state index in [2.05, 4.69) is 5.32 Å². The predicted molar refractivity (Wildman–Crippen MR) is 87.8 cm³/mol. The van der Waals surface area contributed by atoms with Gasteiger partial charge in [-0.1, -0.05) is 23.4 Å². The molecule has 0 aliphatic heterocycles. The standard InChI is InChI=1S/C14H12Cl2N2O2S/c1-17-12-7-11(3-4-13(12)18(19)20)21-14-5-2-10(16)6-9(14)8-15/h2-7,17H,8H2,1H3. The second-order valence-electron chi connectivity index (χ2n) is 4.17. The van der Waals surface area contributed by atoms with Crippen LogP contribution in [0.1, 0.15) is 5.56 Å². The first kappa shape index (κ1) is 15.9. The first-order valence-corrected chi connectivity index (χ1v) is 7.76. The Hall–Kier alpha value is -1.43. The van der Waals surface area contributed by atoms with Gasteiger partial charge >= 0.3 is 0 Å². The molecule has 0 bridgehead atoms. The van der Waals surface area contributed by atoms with Crippen LogP contribution in [0.25, 0.3) is 0 Å². The van der Waals surface area contributed by atoms with Gasteiger partial charge in [-0.25, -0.2) is 0 Å². The van der Waals surface area contributed by atoms with Crippen molar-refractivity contribution in [2.24, 2.45) is 0 Å². The molecule has 2 aromatic rings. The minimum absolute atomic E-state index is 0.0514. The number of nitro benzene ring substituents is 1. The monoisotopic (exact) mass is 342 g/mol. The van der Waals surface area contributed by atoms with Crippen LogP contribution in [-0.4, -0.2) is 12.0 Å². The molecule has 0 aliphatic rings. The molecular formula is C14H12Cl2N2O2S. The Bertz CT molecular complexity index is 680. The summed E-state index contributed by atoms with van der Waals surface area (Å²) in [6.45, 7) is 0. The number of anilines is 1. The van der Waals surface area contributed by atoms with E-state index in [1.54, 1.807) is 25.2 Å². The van der Waals surface area contributed by atoms with Crippen molar-refractivity contribution in [3.05, 3.63) is 57.1 Å². The average Bonchev–Trinajstić information content (AvgIpc) is 2.48. The van der Waals surface area contributed by atoms with E-state index in [0.29, 0.717) is 16.6 Å². The lowest BCUT2D eigenvalue weighted by Crippen LogP contribution is -1.96. The summed E-state index contributed by atoms with van der Waals surface area (Å²) in [6.07, 6.45) is 0. The average molecular weight is 343 g/mol. The molecule has 4 nitrogen and oxygen atoms in total. The van der Waals surface area contributed by atoms with Gasteiger partial charge in [0.2, 0.25) is 0 Å². The van der Waals surface area contributed by atoms with Crippen LogP contribution in [0.2, 0.25) is 5.02 Å². The highest BCUT2D eigenvalue weighted by Gasteiger charge is 2.14. The van der Waals surface area contributed by atoms with Gasteiger partial charge in [-0.3, -0.25) is 10.1 Å². The van der Waals surface area contributed by atoms with Crippen LogP contribution >= 0.6 is 35.0 Å². The fraction of sp³-hybridized carbons (Fsp3) is 0.143. The van der Waals surface area contributed by atoms with Crippen molar-refractivity contribution in [2.75, 3.05) is 12.4 Å². The van der Waals surface area contributed by atoms with E-state index in [1.165, 1.54) is 17.8 Å². The lowest BCUT2D eigenvalue weighted by atomic mass is 10.2. The predicted octanol–water partition coefficient (Wildman–Crippen LogP) is 5.18. The van der Waals surface area contributed by atoms with E-state index in [9.17, 15) is 10.1 Å². The quantitative estimate of drug-likeness (QED) is 0.462. The van der Waals surface area contributed by atoms with Crippen LogP contribution < -0.4 is 5.32 Å². The van der Waals surface area contributed by atoms with Crippen LogP contribution in [0.5, 0.6) is 0 Å². The molecule has 0 saturated carbocycles. The number of nitrogens with one attached hydrogen (secondary N) is 1. The largest absolute Gasteiger partial charge is 0.383 e. The van der Waals surface area contributed by atoms with Gasteiger partial charge in [0.15, 0.2) is 0 Å². The fourth-order valence-electron chi connectivity index (χ4n) is 1.82. The van der Waals surface area contributed by atoms with Crippen LogP contribution in [0.3, 0.4) is 0 Å². The molecule has 21 heavy (non-hydrogen) atoms. The van der Waals surface area contributed by atoms with Gasteiger partial charge in [0.05, 0.1) is 4.92 Å². The normalized spacial score (nSPS) is 10.4. The Morgan fingerprint density at radius 2 is 2.05 bits per heavy atom. The molecule has 0 spiro atoms. The highest BCUT2D eigenvalue weighted by atomic mass is 35.5. The van der Waals surface area contributed by atoms with Crippen molar-refractivity contribution in [2.45, 2.75) is 15.7 Å². The molecule has 0 saturated heterocycles. The van der Waals surface area contributed by atoms with Gasteiger partial charge in [-0.15, -0.1) is 11.6 Å². The number of rotatable bonds is 5. The van der Waals surface area contributed by atoms with E-state index in [-0.39, 0.29) is 5.69 Å². The minimum Gasteiger partial charge on any atom is -0.383 e. The zero-order valence-corrected chi connectivity index (χ0v) is 13.4. The van der Waals surface area contributed by atoms with E-state index >= 15 is 0 Å². The number of nitro groups is 1. The van der Waals surface area contributed by atoms with Gasteiger partial charge in [-0.2, -0.15) is 0 Å². The molecule has 0 aromatic heterocycles. The summed E-state index contributed by atoms with van der Waals surface area (Å²) in [5, 5.41) is 14.4. The summed E-state index contributed by atoms with van der Waals surface area (Å²) in [7, 11) is 1.66. The lowest BCUT2D eigenvalue weighted by Gasteiger charge is -2.09. The smallest absolute Gasteiger partial charge is 0.292 e. The maximum Gasteiger partial charge on any atom is 0.292 e. The van der Waals surface area contributed by atoms with Gasteiger partial charge in [-0.05, 0) is 35.9 Å². The first-order chi connectivity index (χ1) is 10.0. The van der Waals surface area contributed by atoms with Gasteiger partial charge in [0, 0.05) is 33.8 Å². The Morgan fingerprint density at radius 1 is 1.29 bits per heavy atom. The minimum atomic E-state index is -0.410. The molecular weight excluding hydrogens is 331 g/mol. The molecule has 0 radical (unpaired) electrons. The Labute approximate surface area is 136 Å². The topological polar surface area (TPSA) is 55.2 Å². The van der Waals surface area contributed by atoms with Crippen LogP contribution in [-0.2, 0) is 5.88 Å². The van der Waals surface area contributed by atoms with Gasteiger partial charge < -0.3 is 5.32 Å². The van der Waals surface area contributed by atoms with Crippen LogP contribution in [0.15, 0.2) is 46.2 Å². The Morgan fingerprint density at radius 3 is 2.67 bits per heavy atom. The molecule has 1 N–H and O–H groups in total. The van der Waals surface area contributed by atoms with Crippen molar-refractivity contribution >= 4 is 46.3 Å². The van der Waals surface area contributed by atoms with Crippen molar-refractivity contribution in [3.63, 3.8) is 0 Å². The van der Waals surface area contributed by atoms with E-state index in [1.807, 2.05) is 12.1 Å². The van der Waals surface area contributed by atoms with E-state index < -0.39 is 4.92 Å². The molecule has 110 valence electrons. The number of halogens is 2. The zero-order valence-electron chi connectivity index (χ0n) is 11.1. The number of alkyl halides is 1. The van der Waals surface area contributed by atoms with Crippen LogP contribution in [0.4, 0.5) is 11.4 Å². The second kappa shape index (κ2) is 7.02. The van der Waals surface area contributed by atoms with Crippen molar-refractivity contribution < 1.29 is 4.92 Å². The Balaban J connectivity index is 2.34. The molecule has 0 amide bonds. The summed E-state index contributed by atoms with van der Waals surface area (Å²) >= 11 is 13.4. The third kappa shape index (κ3) is 3.81. The summed E-state index contributed by atoms with van der Waals surface area (Å²) in [5.41, 5.74) is 1.46. The second-order valence-corrected chi connectivity index (χ2v) is 5.99. The molecule has 0 unspecified atom stereocenters. The Kier molecular flexibility index (Phi) is 5.33. The summed E-state index contributed by atoms with van der Waals surface area (Å²) < 4.78 is 0. The third-order valence-electron chi connectivity index (χ3n) is 2.83. The van der Waals surface area contributed by atoms with E-state index in [0.717, 1.165) is 15.4 Å². The number of hydrogen-bond donors (Lipinski definition) is 1. The zero-order chi connectivity index (χ0) is 15.4. The molecule has 7 heteroatoms. The SMILES string of the molecule is CNc1cc(Sc2ccc(Cl)cc2CCl)ccc1[N+](=O)[O-]. The lowest BCUT2D eigenvalue weighted by molar-refractivity contribution is -0.384. The van der Waals surface area contributed by atoms with Crippen molar-refractivity contribution in [3.8, 4) is 0 Å². The third-order valence-corrected chi connectivity index (χ3v) is 4.46. The highest BCUT2D eigenvalue weighted by Crippen LogP contribution is 2.36. The molecule has 2 rings (SSSR count). The number of benzene rings is 2. The van der Waals surface area contributed by atoms with E-state index in [4.69, 9.17) is 23.2 Å².